The molecule has 3 N–H and O–H groups in total. The molecule has 2 aromatic rings. The van der Waals surface area contributed by atoms with E-state index < -0.39 is 5.54 Å². The van der Waals surface area contributed by atoms with Gasteiger partial charge < -0.3 is 11.1 Å². The number of amides is 2. The minimum atomic E-state index is -1.11. The first-order valence-electron chi connectivity index (χ1n) is 8.23. The normalized spacial score (nSPS) is 14.0. The number of hydrogen-bond donors (Lipinski definition) is 2. The van der Waals surface area contributed by atoms with Crippen LogP contribution < -0.4 is 16.0 Å². The van der Waals surface area contributed by atoms with Gasteiger partial charge in [-0.15, -0.1) is 0 Å². The maximum Gasteiger partial charge on any atom is 0.276 e. The van der Waals surface area contributed by atoms with Crippen LogP contribution in [0.1, 0.15) is 49.8 Å². The number of rotatable bonds is 2. The van der Waals surface area contributed by atoms with Crippen LogP contribution in [0.5, 0.6) is 0 Å². The Balaban J connectivity index is 2.38. The topological polar surface area (TPSA) is 93.2 Å². The van der Waals surface area contributed by atoms with Crippen molar-refractivity contribution in [3.05, 3.63) is 35.7 Å². The van der Waals surface area contributed by atoms with Crippen LogP contribution in [0.15, 0.2) is 24.3 Å². The highest BCUT2D eigenvalue weighted by molar-refractivity contribution is 6.18. The fourth-order valence-corrected chi connectivity index (χ4v) is 2.97. The van der Waals surface area contributed by atoms with Gasteiger partial charge in [-0.2, -0.15) is 5.10 Å². The summed E-state index contributed by atoms with van der Waals surface area (Å²) in [6, 6.07) is 7.20. The van der Waals surface area contributed by atoms with Crippen molar-refractivity contribution in [1.82, 2.24) is 9.78 Å². The molecular weight excluding hydrogens is 318 g/mol. The SMILES string of the molecule is CC(C)c1nn(C)c2c1N(C(=O)C(C)(C)N)c1ccccc1NC2=O. The molecule has 132 valence electrons. The molecule has 3 rings (SSSR count). The van der Waals surface area contributed by atoms with Crippen molar-refractivity contribution in [2.45, 2.75) is 39.2 Å². The summed E-state index contributed by atoms with van der Waals surface area (Å²) in [6.07, 6.45) is 0. The lowest BCUT2D eigenvalue weighted by Crippen LogP contribution is -2.50. The van der Waals surface area contributed by atoms with Crippen molar-refractivity contribution in [3.8, 4) is 0 Å². The molecule has 7 heteroatoms. The van der Waals surface area contributed by atoms with Gasteiger partial charge in [-0.3, -0.25) is 19.2 Å². The number of nitrogens with zero attached hydrogens (tertiary/aromatic N) is 3. The van der Waals surface area contributed by atoms with E-state index in [1.165, 1.54) is 9.58 Å². The first-order chi connectivity index (χ1) is 11.6. The van der Waals surface area contributed by atoms with Gasteiger partial charge in [-0.1, -0.05) is 26.0 Å². The Morgan fingerprint density at radius 2 is 1.92 bits per heavy atom. The van der Waals surface area contributed by atoms with E-state index in [1.807, 2.05) is 26.0 Å². The lowest BCUT2D eigenvalue weighted by Gasteiger charge is -2.30. The van der Waals surface area contributed by atoms with E-state index in [0.717, 1.165) is 0 Å². The molecule has 7 nitrogen and oxygen atoms in total. The van der Waals surface area contributed by atoms with E-state index in [-0.39, 0.29) is 17.7 Å². The average molecular weight is 341 g/mol. The van der Waals surface area contributed by atoms with E-state index in [1.54, 1.807) is 33.0 Å². The third-order valence-electron chi connectivity index (χ3n) is 4.18. The van der Waals surface area contributed by atoms with E-state index in [0.29, 0.717) is 28.5 Å². The highest BCUT2D eigenvalue weighted by Crippen LogP contribution is 2.42. The third-order valence-corrected chi connectivity index (χ3v) is 4.18. The van der Waals surface area contributed by atoms with Crippen molar-refractivity contribution < 1.29 is 9.59 Å². The smallest absolute Gasteiger partial charge is 0.276 e. The number of nitrogens with one attached hydrogen (secondary N) is 1. The maximum atomic E-state index is 13.2. The summed E-state index contributed by atoms with van der Waals surface area (Å²) in [7, 11) is 1.70. The number of para-hydroxylation sites is 2. The van der Waals surface area contributed by atoms with Crippen molar-refractivity contribution in [1.29, 1.82) is 0 Å². The van der Waals surface area contributed by atoms with Gasteiger partial charge in [-0.25, -0.2) is 0 Å². The van der Waals surface area contributed by atoms with Gasteiger partial charge >= 0.3 is 0 Å². The minimum absolute atomic E-state index is 0.0317. The fraction of sp³-hybridized carbons (Fsp3) is 0.389. The third kappa shape index (κ3) is 2.70. The molecule has 0 atom stereocenters. The predicted molar refractivity (Wildman–Crippen MR) is 97.1 cm³/mol. The number of fused-ring (bicyclic) bond motifs is 2. The van der Waals surface area contributed by atoms with E-state index in [4.69, 9.17) is 5.73 Å². The first-order valence-corrected chi connectivity index (χ1v) is 8.23. The lowest BCUT2D eigenvalue weighted by atomic mass is 10.0. The molecule has 1 aliphatic heterocycles. The Bertz CT molecular complexity index is 861. The molecule has 0 saturated carbocycles. The molecule has 2 heterocycles. The summed E-state index contributed by atoms with van der Waals surface area (Å²) in [4.78, 5) is 27.5. The molecule has 0 bridgehead atoms. The zero-order valence-corrected chi connectivity index (χ0v) is 15.1. The molecule has 0 radical (unpaired) electrons. The number of aryl methyl sites for hydroxylation is 1. The molecular formula is C18H23N5O2. The molecule has 1 aliphatic rings. The Kier molecular flexibility index (Phi) is 3.91. The summed E-state index contributed by atoms with van der Waals surface area (Å²) in [5, 5.41) is 7.37. The van der Waals surface area contributed by atoms with Gasteiger partial charge in [0.2, 0.25) is 0 Å². The fourth-order valence-electron chi connectivity index (χ4n) is 2.97. The standard InChI is InChI=1S/C18H23N5O2/c1-10(2)13-14-15(22(5)21-13)16(24)20-11-8-6-7-9-12(11)23(14)17(25)18(3,4)19/h6-10H,19H2,1-5H3,(H,20,24). The lowest BCUT2D eigenvalue weighted by molar-refractivity contribution is -0.121. The van der Waals surface area contributed by atoms with Crippen molar-refractivity contribution in [2.24, 2.45) is 12.8 Å². The summed E-state index contributed by atoms with van der Waals surface area (Å²) >= 11 is 0. The van der Waals surface area contributed by atoms with Crippen LogP contribution in [-0.4, -0.2) is 27.1 Å². The van der Waals surface area contributed by atoms with Crippen molar-refractivity contribution >= 4 is 28.9 Å². The summed E-state index contributed by atoms with van der Waals surface area (Å²) < 4.78 is 1.52. The van der Waals surface area contributed by atoms with Gasteiger partial charge in [0.25, 0.3) is 11.8 Å². The second kappa shape index (κ2) is 5.70. The Morgan fingerprint density at radius 3 is 2.52 bits per heavy atom. The molecule has 0 spiro atoms. The highest BCUT2D eigenvalue weighted by atomic mass is 16.2. The van der Waals surface area contributed by atoms with E-state index >= 15 is 0 Å². The average Bonchev–Trinajstić information content (AvgIpc) is 2.79. The van der Waals surface area contributed by atoms with Crippen LogP contribution in [0.4, 0.5) is 17.1 Å². The largest absolute Gasteiger partial charge is 0.319 e. The molecule has 0 saturated heterocycles. The summed E-state index contributed by atoms with van der Waals surface area (Å²) in [5.74, 6) is -0.564. The predicted octanol–water partition coefficient (Wildman–Crippen LogP) is 2.51. The first kappa shape index (κ1) is 17.2. The van der Waals surface area contributed by atoms with Crippen LogP contribution in [0.25, 0.3) is 0 Å². The zero-order valence-electron chi connectivity index (χ0n) is 15.1. The number of aromatic nitrogens is 2. The number of benzene rings is 1. The molecule has 0 unspecified atom stereocenters. The zero-order chi connectivity index (χ0) is 18.5. The number of carbonyl (C=O) groups is 2. The Morgan fingerprint density at radius 1 is 1.28 bits per heavy atom. The van der Waals surface area contributed by atoms with Crippen LogP contribution in [0.3, 0.4) is 0 Å². The number of nitrogens with two attached hydrogens (primary N) is 1. The second-order valence-electron chi connectivity index (χ2n) is 7.19. The van der Waals surface area contributed by atoms with Crippen molar-refractivity contribution in [3.63, 3.8) is 0 Å². The number of carbonyl (C=O) groups excluding carboxylic acids is 2. The van der Waals surface area contributed by atoms with E-state index in [2.05, 4.69) is 10.4 Å². The monoisotopic (exact) mass is 341 g/mol. The maximum absolute atomic E-state index is 13.2. The van der Waals surface area contributed by atoms with Gasteiger partial charge in [0.15, 0.2) is 5.69 Å². The van der Waals surface area contributed by atoms with Gasteiger partial charge in [0, 0.05) is 7.05 Å². The molecule has 2 amide bonds. The number of hydrogen-bond acceptors (Lipinski definition) is 4. The molecule has 0 fully saturated rings. The van der Waals surface area contributed by atoms with Crippen LogP contribution >= 0.6 is 0 Å². The molecule has 0 aliphatic carbocycles. The van der Waals surface area contributed by atoms with Crippen LogP contribution in [0.2, 0.25) is 0 Å². The van der Waals surface area contributed by atoms with Crippen LogP contribution in [0, 0.1) is 0 Å². The quantitative estimate of drug-likeness (QED) is 0.878. The van der Waals surface area contributed by atoms with Gasteiger partial charge in [0.05, 0.1) is 22.6 Å². The second-order valence-corrected chi connectivity index (χ2v) is 7.19. The minimum Gasteiger partial charge on any atom is -0.319 e. The molecule has 25 heavy (non-hydrogen) atoms. The molecule has 1 aromatic heterocycles. The highest BCUT2D eigenvalue weighted by Gasteiger charge is 2.39. The Labute approximate surface area is 146 Å². The van der Waals surface area contributed by atoms with Gasteiger partial charge in [-0.05, 0) is 31.9 Å². The number of anilines is 3. The Hall–Kier alpha value is -2.67. The van der Waals surface area contributed by atoms with E-state index in [9.17, 15) is 9.59 Å². The van der Waals surface area contributed by atoms with Crippen molar-refractivity contribution in [2.75, 3.05) is 10.2 Å². The summed E-state index contributed by atoms with van der Waals surface area (Å²) in [5.41, 5.74) is 7.70. The summed E-state index contributed by atoms with van der Waals surface area (Å²) in [6.45, 7) is 7.27. The van der Waals surface area contributed by atoms with Crippen LogP contribution in [-0.2, 0) is 11.8 Å². The molecule has 1 aromatic carbocycles. The van der Waals surface area contributed by atoms with Gasteiger partial charge in [0.1, 0.15) is 5.69 Å².